The van der Waals surface area contributed by atoms with Crippen LogP contribution in [0.15, 0.2) is 22.7 Å². The average Bonchev–Trinajstić information content (AvgIpc) is 2.94. The van der Waals surface area contributed by atoms with Gasteiger partial charge in [-0.15, -0.1) is 0 Å². The molecule has 1 unspecified atom stereocenters. The van der Waals surface area contributed by atoms with E-state index in [1.54, 1.807) is 6.07 Å². The van der Waals surface area contributed by atoms with E-state index in [0.717, 1.165) is 13.1 Å². The predicted octanol–water partition coefficient (Wildman–Crippen LogP) is 2.87. The second kappa shape index (κ2) is 6.98. The lowest BCUT2D eigenvalue weighted by atomic mass is 10.2. The SMILES string of the molecule is CCN(CC)CC(N)c1noc(-c2ccc(Cl)cc2F)n1. The van der Waals surface area contributed by atoms with Crippen LogP contribution in [-0.2, 0) is 0 Å². The Kier molecular flexibility index (Phi) is 5.27. The largest absolute Gasteiger partial charge is 0.334 e. The lowest BCUT2D eigenvalue weighted by molar-refractivity contribution is 0.278. The standard InChI is InChI=1S/C14H18ClFN4O/c1-3-20(4-2)8-12(17)13-18-14(21-19-13)10-6-5-9(15)7-11(10)16/h5-7,12H,3-4,8,17H2,1-2H3. The van der Waals surface area contributed by atoms with Gasteiger partial charge in [0.05, 0.1) is 11.6 Å². The molecule has 21 heavy (non-hydrogen) atoms. The van der Waals surface area contributed by atoms with E-state index < -0.39 is 5.82 Å². The monoisotopic (exact) mass is 312 g/mol. The van der Waals surface area contributed by atoms with Crippen LogP contribution in [0.2, 0.25) is 5.02 Å². The number of nitrogens with zero attached hydrogens (tertiary/aromatic N) is 3. The van der Waals surface area contributed by atoms with E-state index in [1.807, 2.05) is 0 Å². The molecule has 1 aromatic carbocycles. The zero-order valence-corrected chi connectivity index (χ0v) is 12.8. The highest BCUT2D eigenvalue weighted by Gasteiger charge is 2.19. The molecule has 0 radical (unpaired) electrons. The molecule has 0 amide bonds. The lowest BCUT2D eigenvalue weighted by Crippen LogP contribution is -2.32. The van der Waals surface area contributed by atoms with Crippen molar-refractivity contribution in [2.75, 3.05) is 19.6 Å². The second-order valence-corrected chi connectivity index (χ2v) is 5.11. The summed E-state index contributed by atoms with van der Waals surface area (Å²) in [7, 11) is 0. The van der Waals surface area contributed by atoms with E-state index in [2.05, 4.69) is 28.9 Å². The van der Waals surface area contributed by atoms with E-state index in [1.165, 1.54) is 12.1 Å². The molecule has 1 heterocycles. The van der Waals surface area contributed by atoms with Crippen molar-refractivity contribution in [2.45, 2.75) is 19.9 Å². The van der Waals surface area contributed by atoms with Crippen LogP contribution in [0, 0.1) is 5.82 Å². The zero-order chi connectivity index (χ0) is 15.4. The maximum Gasteiger partial charge on any atom is 0.260 e. The van der Waals surface area contributed by atoms with Gasteiger partial charge in [-0.2, -0.15) is 4.98 Å². The van der Waals surface area contributed by atoms with Crippen LogP contribution in [0.5, 0.6) is 0 Å². The highest BCUT2D eigenvalue weighted by Crippen LogP contribution is 2.24. The predicted molar refractivity (Wildman–Crippen MR) is 79.4 cm³/mol. The minimum atomic E-state index is -0.505. The lowest BCUT2D eigenvalue weighted by Gasteiger charge is -2.20. The molecule has 0 spiro atoms. The first-order chi connectivity index (χ1) is 10.0. The molecule has 5 nitrogen and oxygen atoms in total. The fourth-order valence-corrected chi connectivity index (χ4v) is 2.16. The van der Waals surface area contributed by atoms with E-state index in [-0.39, 0.29) is 17.5 Å². The zero-order valence-electron chi connectivity index (χ0n) is 12.0. The van der Waals surface area contributed by atoms with Crippen molar-refractivity contribution in [1.29, 1.82) is 0 Å². The number of rotatable bonds is 6. The smallest absolute Gasteiger partial charge is 0.260 e. The summed E-state index contributed by atoms with van der Waals surface area (Å²) in [6, 6.07) is 3.90. The highest BCUT2D eigenvalue weighted by atomic mass is 35.5. The molecule has 0 aliphatic carbocycles. The quantitative estimate of drug-likeness (QED) is 0.888. The minimum Gasteiger partial charge on any atom is -0.334 e. The van der Waals surface area contributed by atoms with Crippen molar-refractivity contribution in [3.05, 3.63) is 34.9 Å². The third kappa shape index (κ3) is 3.78. The van der Waals surface area contributed by atoms with Gasteiger partial charge in [0.2, 0.25) is 0 Å². The summed E-state index contributed by atoms with van der Waals surface area (Å²) in [4.78, 5) is 6.34. The molecule has 0 bridgehead atoms. The number of nitrogens with two attached hydrogens (primary N) is 1. The fourth-order valence-electron chi connectivity index (χ4n) is 2.00. The Morgan fingerprint density at radius 2 is 2.10 bits per heavy atom. The van der Waals surface area contributed by atoms with E-state index in [4.69, 9.17) is 21.9 Å². The van der Waals surface area contributed by atoms with Gasteiger partial charge in [0.1, 0.15) is 5.82 Å². The Morgan fingerprint density at radius 1 is 1.38 bits per heavy atom. The van der Waals surface area contributed by atoms with Crippen LogP contribution >= 0.6 is 11.6 Å². The van der Waals surface area contributed by atoms with Crippen LogP contribution < -0.4 is 5.73 Å². The van der Waals surface area contributed by atoms with Crippen molar-refractivity contribution in [3.63, 3.8) is 0 Å². The van der Waals surface area contributed by atoms with E-state index in [0.29, 0.717) is 17.4 Å². The van der Waals surface area contributed by atoms with Gasteiger partial charge >= 0.3 is 0 Å². The third-order valence-electron chi connectivity index (χ3n) is 3.28. The van der Waals surface area contributed by atoms with Crippen LogP contribution in [0.1, 0.15) is 25.7 Å². The number of benzene rings is 1. The number of halogens is 2. The Balaban J connectivity index is 2.17. The molecule has 0 aliphatic heterocycles. The maximum atomic E-state index is 13.8. The molecular weight excluding hydrogens is 295 g/mol. The Labute approximate surface area is 127 Å². The molecule has 0 saturated carbocycles. The van der Waals surface area contributed by atoms with Crippen molar-refractivity contribution < 1.29 is 8.91 Å². The molecule has 2 N–H and O–H groups in total. The first-order valence-corrected chi connectivity index (χ1v) is 7.19. The van der Waals surface area contributed by atoms with E-state index >= 15 is 0 Å². The van der Waals surface area contributed by atoms with Crippen LogP contribution in [0.4, 0.5) is 4.39 Å². The van der Waals surface area contributed by atoms with Crippen molar-refractivity contribution >= 4 is 11.6 Å². The maximum absolute atomic E-state index is 13.8. The molecule has 0 saturated heterocycles. The number of likely N-dealkylation sites (N-methyl/N-ethyl adjacent to an activating group) is 1. The molecule has 0 aliphatic rings. The van der Waals surface area contributed by atoms with Gasteiger partial charge in [0.15, 0.2) is 5.82 Å². The summed E-state index contributed by atoms with van der Waals surface area (Å²) >= 11 is 5.72. The van der Waals surface area contributed by atoms with E-state index in [9.17, 15) is 4.39 Å². The second-order valence-electron chi connectivity index (χ2n) is 4.67. The molecule has 7 heteroatoms. The fraction of sp³-hybridized carbons (Fsp3) is 0.429. The van der Waals surface area contributed by atoms with Gasteiger partial charge < -0.3 is 15.2 Å². The number of aromatic nitrogens is 2. The summed E-state index contributed by atoms with van der Waals surface area (Å²) < 4.78 is 18.9. The molecule has 1 atom stereocenters. The number of hydrogen-bond donors (Lipinski definition) is 1. The topological polar surface area (TPSA) is 68.2 Å². The third-order valence-corrected chi connectivity index (χ3v) is 3.52. The Bertz CT molecular complexity index is 600. The van der Waals surface area contributed by atoms with Gasteiger partial charge in [-0.25, -0.2) is 4.39 Å². The average molecular weight is 313 g/mol. The molecule has 2 rings (SSSR count). The summed E-state index contributed by atoms with van der Waals surface area (Å²) in [5.74, 6) is -0.0320. The first kappa shape index (κ1) is 15.9. The summed E-state index contributed by atoms with van der Waals surface area (Å²) in [5, 5.41) is 4.15. The van der Waals surface area contributed by atoms with Crippen molar-refractivity contribution in [2.24, 2.45) is 5.73 Å². The normalized spacial score (nSPS) is 12.9. The summed E-state index contributed by atoms with van der Waals surface area (Å²) in [6.45, 7) is 6.51. The van der Waals surface area contributed by atoms with Gasteiger partial charge in [0.25, 0.3) is 5.89 Å². The molecular formula is C14H18ClFN4O. The van der Waals surface area contributed by atoms with Gasteiger partial charge in [-0.3, -0.25) is 0 Å². The molecule has 2 aromatic rings. The van der Waals surface area contributed by atoms with Gasteiger partial charge in [0, 0.05) is 11.6 Å². The van der Waals surface area contributed by atoms with Crippen molar-refractivity contribution in [3.8, 4) is 11.5 Å². The van der Waals surface area contributed by atoms with Crippen LogP contribution in [0.3, 0.4) is 0 Å². The van der Waals surface area contributed by atoms with Crippen molar-refractivity contribution in [1.82, 2.24) is 15.0 Å². The molecule has 0 fully saturated rings. The van der Waals surface area contributed by atoms with Crippen LogP contribution in [-0.4, -0.2) is 34.7 Å². The molecule has 1 aromatic heterocycles. The summed E-state index contributed by atoms with van der Waals surface area (Å²) in [5.41, 5.74) is 6.28. The highest BCUT2D eigenvalue weighted by molar-refractivity contribution is 6.30. The first-order valence-electron chi connectivity index (χ1n) is 6.82. The molecule has 114 valence electrons. The summed E-state index contributed by atoms with van der Waals surface area (Å²) in [6.07, 6.45) is 0. The number of hydrogen-bond acceptors (Lipinski definition) is 5. The van der Waals surface area contributed by atoms with Crippen LogP contribution in [0.25, 0.3) is 11.5 Å². The van der Waals surface area contributed by atoms with Gasteiger partial charge in [-0.05, 0) is 31.3 Å². The van der Waals surface area contributed by atoms with Gasteiger partial charge in [-0.1, -0.05) is 30.6 Å². The minimum absolute atomic E-state index is 0.106. The Hall–Kier alpha value is -1.50. The Morgan fingerprint density at radius 3 is 2.71 bits per heavy atom.